The molecule has 1 saturated heterocycles. The van der Waals surface area contributed by atoms with Crippen molar-refractivity contribution in [2.24, 2.45) is 5.92 Å². The summed E-state index contributed by atoms with van der Waals surface area (Å²) in [7, 11) is 0. The lowest BCUT2D eigenvalue weighted by molar-refractivity contribution is 0.173. The fraction of sp³-hybridized carbons (Fsp3) is 0.625. The van der Waals surface area contributed by atoms with Crippen LogP contribution in [0.25, 0.3) is 0 Å². The molecule has 2 nitrogen and oxygen atoms in total. The molecule has 2 heteroatoms. The zero-order valence-electron chi connectivity index (χ0n) is 11.8. The number of para-hydroxylation sites is 1. The molecule has 1 fully saturated rings. The average Bonchev–Trinajstić information content (AvgIpc) is 2.40. The number of anilines is 1. The van der Waals surface area contributed by atoms with Crippen molar-refractivity contribution in [2.75, 3.05) is 11.4 Å². The van der Waals surface area contributed by atoms with Gasteiger partial charge in [-0.1, -0.05) is 32.0 Å². The van der Waals surface area contributed by atoms with Gasteiger partial charge in [0.15, 0.2) is 0 Å². The molecule has 3 atom stereocenters. The molecule has 1 aliphatic heterocycles. The van der Waals surface area contributed by atoms with Crippen molar-refractivity contribution in [1.82, 2.24) is 0 Å². The van der Waals surface area contributed by atoms with Crippen LogP contribution in [-0.2, 0) is 0 Å². The van der Waals surface area contributed by atoms with E-state index < -0.39 is 0 Å². The van der Waals surface area contributed by atoms with E-state index in [1.165, 1.54) is 18.5 Å². The van der Waals surface area contributed by atoms with Crippen molar-refractivity contribution in [1.29, 1.82) is 0 Å². The van der Waals surface area contributed by atoms with Crippen molar-refractivity contribution in [2.45, 2.75) is 52.2 Å². The third-order valence-corrected chi connectivity index (χ3v) is 4.11. The molecule has 0 aromatic heterocycles. The lowest BCUT2D eigenvalue weighted by Crippen LogP contribution is -2.41. The summed E-state index contributed by atoms with van der Waals surface area (Å²) in [6.45, 7) is 7.75. The predicted molar refractivity (Wildman–Crippen MR) is 76.9 cm³/mol. The van der Waals surface area contributed by atoms with Crippen LogP contribution < -0.4 is 4.90 Å². The molecule has 100 valence electrons. The zero-order chi connectivity index (χ0) is 13.1. The minimum Gasteiger partial charge on any atom is -0.388 e. The number of aliphatic hydroxyl groups excluding tert-OH is 1. The molecule has 1 aliphatic rings. The fourth-order valence-corrected chi connectivity index (χ4v) is 2.88. The smallest absolute Gasteiger partial charge is 0.0807 e. The van der Waals surface area contributed by atoms with E-state index in [1.807, 2.05) is 13.0 Å². The van der Waals surface area contributed by atoms with E-state index in [9.17, 15) is 5.11 Å². The van der Waals surface area contributed by atoms with E-state index in [0.717, 1.165) is 24.4 Å². The van der Waals surface area contributed by atoms with Crippen molar-refractivity contribution in [3.63, 3.8) is 0 Å². The van der Waals surface area contributed by atoms with Crippen LogP contribution in [0.1, 0.15) is 51.7 Å². The lowest BCUT2D eigenvalue weighted by Gasteiger charge is -2.40. The summed E-state index contributed by atoms with van der Waals surface area (Å²) in [6, 6.07) is 8.90. The first-order valence-electron chi connectivity index (χ1n) is 7.17. The van der Waals surface area contributed by atoms with Crippen LogP contribution in [0.2, 0.25) is 0 Å². The molecule has 2 rings (SSSR count). The van der Waals surface area contributed by atoms with Gasteiger partial charge in [-0.15, -0.1) is 0 Å². The highest BCUT2D eigenvalue weighted by molar-refractivity contribution is 5.55. The predicted octanol–water partition coefficient (Wildman–Crippen LogP) is 3.75. The molecule has 3 unspecified atom stereocenters. The third-order valence-electron chi connectivity index (χ3n) is 4.11. The maximum atomic E-state index is 10.2. The van der Waals surface area contributed by atoms with Gasteiger partial charge in [-0.2, -0.15) is 0 Å². The summed E-state index contributed by atoms with van der Waals surface area (Å²) >= 11 is 0. The Bertz CT molecular complexity index is 390. The summed E-state index contributed by atoms with van der Waals surface area (Å²) in [5.41, 5.74) is 2.31. The van der Waals surface area contributed by atoms with Gasteiger partial charge in [0.2, 0.25) is 0 Å². The van der Waals surface area contributed by atoms with Gasteiger partial charge in [0.25, 0.3) is 0 Å². The van der Waals surface area contributed by atoms with Crippen LogP contribution in [0, 0.1) is 5.92 Å². The SMILES string of the molecule is CCC(O)c1ccccc1N1CC(C)CCC1C. The Morgan fingerprint density at radius 3 is 2.72 bits per heavy atom. The molecule has 0 radical (unpaired) electrons. The Balaban J connectivity index is 2.31. The molecule has 1 aromatic rings. The highest BCUT2D eigenvalue weighted by atomic mass is 16.3. The second kappa shape index (κ2) is 5.75. The van der Waals surface area contributed by atoms with E-state index in [2.05, 4.69) is 36.9 Å². The monoisotopic (exact) mass is 247 g/mol. The first kappa shape index (κ1) is 13.4. The van der Waals surface area contributed by atoms with E-state index in [0.29, 0.717) is 6.04 Å². The van der Waals surface area contributed by atoms with Crippen molar-refractivity contribution in [3.05, 3.63) is 29.8 Å². The summed E-state index contributed by atoms with van der Waals surface area (Å²) in [5, 5.41) is 10.2. The van der Waals surface area contributed by atoms with Crippen molar-refractivity contribution >= 4 is 5.69 Å². The Labute approximate surface area is 111 Å². The van der Waals surface area contributed by atoms with Crippen LogP contribution in [0.3, 0.4) is 0 Å². The second-order valence-electron chi connectivity index (χ2n) is 5.67. The summed E-state index contributed by atoms with van der Waals surface area (Å²) < 4.78 is 0. The van der Waals surface area contributed by atoms with Gasteiger partial charge < -0.3 is 10.0 Å². The van der Waals surface area contributed by atoms with Crippen LogP contribution in [0.15, 0.2) is 24.3 Å². The summed E-state index contributed by atoms with van der Waals surface area (Å²) in [5.74, 6) is 0.744. The van der Waals surface area contributed by atoms with Gasteiger partial charge in [-0.25, -0.2) is 0 Å². The van der Waals surface area contributed by atoms with E-state index in [4.69, 9.17) is 0 Å². The van der Waals surface area contributed by atoms with Crippen molar-refractivity contribution < 1.29 is 5.11 Å². The van der Waals surface area contributed by atoms with Gasteiger partial charge in [0.05, 0.1) is 6.10 Å². The summed E-state index contributed by atoms with van der Waals surface area (Å²) in [4.78, 5) is 2.47. The topological polar surface area (TPSA) is 23.5 Å². The zero-order valence-corrected chi connectivity index (χ0v) is 11.8. The van der Waals surface area contributed by atoms with E-state index >= 15 is 0 Å². The maximum Gasteiger partial charge on any atom is 0.0807 e. The van der Waals surface area contributed by atoms with Crippen molar-refractivity contribution in [3.8, 4) is 0 Å². The Morgan fingerprint density at radius 1 is 1.28 bits per heavy atom. The molecule has 0 bridgehead atoms. The number of hydrogen-bond donors (Lipinski definition) is 1. The maximum absolute atomic E-state index is 10.2. The number of hydrogen-bond acceptors (Lipinski definition) is 2. The highest BCUT2D eigenvalue weighted by Crippen LogP contribution is 2.33. The van der Waals surface area contributed by atoms with Gasteiger partial charge in [-0.3, -0.25) is 0 Å². The molecule has 0 aliphatic carbocycles. The number of benzene rings is 1. The average molecular weight is 247 g/mol. The fourth-order valence-electron chi connectivity index (χ4n) is 2.88. The minimum atomic E-state index is -0.342. The first-order valence-corrected chi connectivity index (χ1v) is 7.17. The molecule has 0 spiro atoms. The van der Waals surface area contributed by atoms with Crippen LogP contribution in [0.4, 0.5) is 5.69 Å². The van der Waals surface area contributed by atoms with Gasteiger partial charge in [0, 0.05) is 23.8 Å². The Kier molecular flexibility index (Phi) is 4.28. The van der Waals surface area contributed by atoms with Gasteiger partial charge >= 0.3 is 0 Å². The largest absolute Gasteiger partial charge is 0.388 e. The van der Waals surface area contributed by atoms with Crippen LogP contribution in [0.5, 0.6) is 0 Å². The molecule has 18 heavy (non-hydrogen) atoms. The van der Waals surface area contributed by atoms with Gasteiger partial charge in [-0.05, 0) is 38.2 Å². The standard InChI is InChI=1S/C16H25NO/c1-4-16(18)14-7-5-6-8-15(14)17-11-12(2)9-10-13(17)3/h5-8,12-13,16,18H,4,9-11H2,1-3H3. The second-order valence-corrected chi connectivity index (χ2v) is 5.67. The lowest BCUT2D eigenvalue weighted by atomic mass is 9.93. The number of nitrogens with zero attached hydrogens (tertiary/aromatic N) is 1. The highest BCUT2D eigenvalue weighted by Gasteiger charge is 2.25. The summed E-state index contributed by atoms with van der Waals surface area (Å²) in [6.07, 6.45) is 2.99. The first-order chi connectivity index (χ1) is 8.63. The Morgan fingerprint density at radius 2 is 2.00 bits per heavy atom. The number of piperidine rings is 1. The van der Waals surface area contributed by atoms with Gasteiger partial charge in [0.1, 0.15) is 0 Å². The molecular formula is C16H25NO. The van der Waals surface area contributed by atoms with E-state index in [-0.39, 0.29) is 6.10 Å². The molecule has 1 N–H and O–H groups in total. The molecule has 0 saturated carbocycles. The van der Waals surface area contributed by atoms with Crippen LogP contribution in [-0.4, -0.2) is 17.7 Å². The minimum absolute atomic E-state index is 0.342. The number of aliphatic hydroxyl groups is 1. The normalized spacial score (nSPS) is 26.1. The molecular weight excluding hydrogens is 222 g/mol. The molecule has 1 heterocycles. The van der Waals surface area contributed by atoms with E-state index in [1.54, 1.807) is 0 Å². The quantitative estimate of drug-likeness (QED) is 0.879. The molecule has 0 amide bonds. The molecule has 1 aromatic carbocycles. The number of rotatable bonds is 3. The Hall–Kier alpha value is -1.02. The van der Waals surface area contributed by atoms with Crippen LogP contribution >= 0.6 is 0 Å². The third kappa shape index (κ3) is 2.69.